The Bertz CT molecular complexity index is 1120. The summed E-state index contributed by atoms with van der Waals surface area (Å²) in [4.78, 5) is 4.42. The Morgan fingerprint density at radius 1 is 1.00 bits per heavy atom. The maximum Gasteiger partial charge on any atom is 0.273 e. The minimum atomic E-state index is -0.190. The van der Waals surface area contributed by atoms with Crippen LogP contribution in [-0.2, 0) is 5.41 Å². The highest BCUT2D eigenvalue weighted by molar-refractivity contribution is 5.70. The van der Waals surface area contributed by atoms with Crippen LogP contribution in [0.15, 0.2) is 54.6 Å². The number of rotatable bonds is 4. The molecule has 27 heavy (non-hydrogen) atoms. The fourth-order valence-corrected chi connectivity index (χ4v) is 3.52. The van der Waals surface area contributed by atoms with E-state index in [4.69, 9.17) is 15.6 Å². The van der Waals surface area contributed by atoms with Crippen LogP contribution in [0.5, 0.6) is 5.75 Å². The summed E-state index contributed by atoms with van der Waals surface area (Å²) in [6, 6.07) is 17.9. The lowest BCUT2D eigenvalue weighted by atomic mass is 9.95. The Morgan fingerprint density at radius 2 is 1.74 bits per heavy atom. The van der Waals surface area contributed by atoms with Crippen molar-refractivity contribution in [2.24, 2.45) is 0 Å². The summed E-state index contributed by atoms with van der Waals surface area (Å²) in [5, 5.41) is 13.4. The van der Waals surface area contributed by atoms with Gasteiger partial charge in [-0.25, -0.2) is 0 Å². The first kappa shape index (κ1) is 15.7. The molecular weight excluding hydrogens is 340 g/mol. The van der Waals surface area contributed by atoms with Crippen molar-refractivity contribution >= 4 is 11.6 Å². The quantitative estimate of drug-likeness (QED) is 0.603. The number of ether oxygens (including phenoxy) is 1. The van der Waals surface area contributed by atoms with Crippen molar-refractivity contribution in [1.29, 1.82) is 0 Å². The van der Waals surface area contributed by atoms with Gasteiger partial charge in [-0.05, 0) is 30.5 Å². The van der Waals surface area contributed by atoms with Crippen LogP contribution in [0.2, 0.25) is 0 Å². The number of aromatic nitrogens is 5. The number of hydrogen-bond donors (Lipinski definition) is 1. The van der Waals surface area contributed by atoms with E-state index in [9.17, 15) is 0 Å². The van der Waals surface area contributed by atoms with Gasteiger partial charge in [-0.3, -0.25) is 0 Å². The van der Waals surface area contributed by atoms with Gasteiger partial charge in [-0.2, -0.15) is 14.6 Å². The molecule has 0 atom stereocenters. The number of methoxy groups -OCH3 is 1. The number of fused-ring (bicyclic) bond motifs is 1. The molecule has 1 fully saturated rings. The molecule has 0 spiro atoms. The SMILES string of the molecule is COc1ccc(C2(c3nnc4nc(N)c(-c5ccccc5)nn34)CC2)cc1. The van der Waals surface area contributed by atoms with E-state index in [0.717, 1.165) is 30.0 Å². The third kappa shape index (κ3) is 2.43. The van der Waals surface area contributed by atoms with Gasteiger partial charge in [0.15, 0.2) is 11.6 Å². The predicted octanol–water partition coefficient (Wildman–Crippen LogP) is 2.86. The number of nitrogen functional groups attached to an aromatic ring is 1. The van der Waals surface area contributed by atoms with Crippen molar-refractivity contribution in [2.45, 2.75) is 18.3 Å². The Labute approximate surface area is 155 Å². The first-order chi connectivity index (χ1) is 13.2. The fraction of sp³-hybridized carbons (Fsp3) is 0.200. The fourth-order valence-electron chi connectivity index (χ4n) is 3.52. The highest BCUT2D eigenvalue weighted by atomic mass is 16.5. The standard InChI is InChI=1S/C20H18N6O/c1-27-15-9-7-14(8-10-15)20(11-12-20)18-23-24-19-22-17(21)16(25-26(18)19)13-5-3-2-4-6-13/h2-10H,11-12H2,1H3,(H2,21,22,24). The summed E-state index contributed by atoms with van der Waals surface area (Å²) in [6.07, 6.45) is 1.99. The van der Waals surface area contributed by atoms with Gasteiger partial charge >= 0.3 is 0 Å². The molecule has 7 heteroatoms. The maximum absolute atomic E-state index is 6.13. The van der Waals surface area contributed by atoms with E-state index in [2.05, 4.69) is 27.3 Å². The zero-order valence-electron chi connectivity index (χ0n) is 14.8. The Hall–Kier alpha value is -3.48. The molecule has 1 saturated carbocycles. The molecule has 7 nitrogen and oxygen atoms in total. The summed E-state index contributed by atoms with van der Waals surface area (Å²) < 4.78 is 7.00. The van der Waals surface area contributed by atoms with Crippen molar-refractivity contribution in [3.05, 3.63) is 66.0 Å². The van der Waals surface area contributed by atoms with E-state index >= 15 is 0 Å². The molecule has 0 radical (unpaired) electrons. The number of anilines is 1. The molecule has 0 unspecified atom stereocenters. The highest BCUT2D eigenvalue weighted by Crippen LogP contribution is 2.52. The molecular formula is C20H18N6O. The van der Waals surface area contributed by atoms with Gasteiger partial charge in [0.1, 0.15) is 11.4 Å². The first-order valence-electron chi connectivity index (χ1n) is 8.81. The zero-order chi connectivity index (χ0) is 18.4. The lowest BCUT2D eigenvalue weighted by molar-refractivity contribution is 0.414. The second-order valence-corrected chi connectivity index (χ2v) is 6.76. The summed E-state index contributed by atoms with van der Waals surface area (Å²) in [5.74, 6) is 2.40. The monoisotopic (exact) mass is 358 g/mol. The molecule has 0 aliphatic heterocycles. The molecule has 4 aromatic rings. The van der Waals surface area contributed by atoms with Gasteiger partial charge in [0, 0.05) is 5.56 Å². The molecule has 0 amide bonds. The normalized spacial score (nSPS) is 15.0. The van der Waals surface area contributed by atoms with Crippen LogP contribution in [0.4, 0.5) is 5.82 Å². The summed E-state index contributed by atoms with van der Waals surface area (Å²) in [6.45, 7) is 0. The number of benzene rings is 2. The summed E-state index contributed by atoms with van der Waals surface area (Å²) in [5.41, 5.74) is 8.66. The van der Waals surface area contributed by atoms with E-state index in [1.165, 1.54) is 5.56 Å². The van der Waals surface area contributed by atoms with Crippen molar-refractivity contribution in [3.63, 3.8) is 0 Å². The van der Waals surface area contributed by atoms with Crippen LogP contribution in [0, 0.1) is 0 Å². The first-order valence-corrected chi connectivity index (χ1v) is 8.81. The van der Waals surface area contributed by atoms with Gasteiger partial charge in [0.2, 0.25) is 0 Å². The molecule has 5 rings (SSSR count). The van der Waals surface area contributed by atoms with Crippen molar-refractivity contribution in [2.75, 3.05) is 12.8 Å². The van der Waals surface area contributed by atoms with Gasteiger partial charge < -0.3 is 10.5 Å². The van der Waals surface area contributed by atoms with Crippen LogP contribution in [0.1, 0.15) is 24.2 Å². The van der Waals surface area contributed by atoms with Gasteiger partial charge in [0.05, 0.1) is 12.5 Å². The Morgan fingerprint density at radius 3 is 2.41 bits per heavy atom. The van der Waals surface area contributed by atoms with E-state index in [0.29, 0.717) is 17.3 Å². The van der Waals surface area contributed by atoms with E-state index in [-0.39, 0.29) is 5.41 Å². The largest absolute Gasteiger partial charge is 0.497 e. The highest BCUT2D eigenvalue weighted by Gasteiger charge is 2.50. The van der Waals surface area contributed by atoms with Crippen LogP contribution in [0.3, 0.4) is 0 Å². The summed E-state index contributed by atoms with van der Waals surface area (Å²) in [7, 11) is 1.67. The molecule has 2 aromatic carbocycles. The Kier molecular flexibility index (Phi) is 3.36. The molecule has 2 heterocycles. The minimum Gasteiger partial charge on any atom is -0.497 e. The molecule has 134 valence electrons. The van der Waals surface area contributed by atoms with Crippen LogP contribution in [0.25, 0.3) is 17.0 Å². The van der Waals surface area contributed by atoms with E-state index in [1.54, 1.807) is 11.6 Å². The maximum atomic E-state index is 6.13. The van der Waals surface area contributed by atoms with Crippen LogP contribution in [-0.4, -0.2) is 31.9 Å². The van der Waals surface area contributed by atoms with Crippen molar-refractivity contribution in [3.8, 4) is 17.0 Å². The van der Waals surface area contributed by atoms with Gasteiger partial charge in [-0.15, -0.1) is 10.2 Å². The molecule has 1 aliphatic rings. The number of hydrogen-bond acceptors (Lipinski definition) is 6. The second-order valence-electron chi connectivity index (χ2n) is 6.76. The minimum absolute atomic E-state index is 0.190. The number of nitrogens with two attached hydrogens (primary N) is 1. The lowest BCUT2D eigenvalue weighted by Gasteiger charge is -2.14. The second kappa shape index (κ2) is 5.77. The third-order valence-electron chi connectivity index (χ3n) is 5.16. The molecule has 0 saturated heterocycles. The van der Waals surface area contributed by atoms with Gasteiger partial charge in [-0.1, -0.05) is 42.5 Å². The predicted molar refractivity (Wildman–Crippen MR) is 101 cm³/mol. The molecule has 2 N–H and O–H groups in total. The summed E-state index contributed by atoms with van der Waals surface area (Å²) >= 11 is 0. The number of nitrogens with zero attached hydrogens (tertiary/aromatic N) is 5. The Balaban J connectivity index is 1.65. The van der Waals surface area contributed by atoms with Gasteiger partial charge in [0.25, 0.3) is 5.78 Å². The average Bonchev–Trinajstić information content (AvgIpc) is 3.42. The van der Waals surface area contributed by atoms with E-state index < -0.39 is 0 Å². The zero-order valence-corrected chi connectivity index (χ0v) is 14.8. The smallest absolute Gasteiger partial charge is 0.273 e. The van der Waals surface area contributed by atoms with Crippen molar-refractivity contribution < 1.29 is 4.74 Å². The van der Waals surface area contributed by atoms with Crippen LogP contribution >= 0.6 is 0 Å². The lowest BCUT2D eigenvalue weighted by Crippen LogP contribution is -2.16. The average molecular weight is 358 g/mol. The topological polar surface area (TPSA) is 91.2 Å². The van der Waals surface area contributed by atoms with Crippen molar-refractivity contribution in [1.82, 2.24) is 24.8 Å². The molecule has 1 aliphatic carbocycles. The molecule has 2 aromatic heterocycles. The third-order valence-corrected chi connectivity index (χ3v) is 5.16. The van der Waals surface area contributed by atoms with Crippen LogP contribution < -0.4 is 10.5 Å². The molecule has 0 bridgehead atoms. The van der Waals surface area contributed by atoms with E-state index in [1.807, 2.05) is 42.5 Å².